The fourth-order valence-corrected chi connectivity index (χ4v) is 3.92. The van der Waals surface area contributed by atoms with Crippen LogP contribution < -0.4 is 10.5 Å². The molecule has 1 amide bonds. The summed E-state index contributed by atoms with van der Waals surface area (Å²) in [7, 11) is 1.60. The lowest BCUT2D eigenvalue weighted by atomic mass is 10.0. The summed E-state index contributed by atoms with van der Waals surface area (Å²) in [5.74, 6) is 0.949. The average Bonchev–Trinajstić information content (AvgIpc) is 3.36. The molecule has 12 heteroatoms. The Morgan fingerprint density at radius 1 is 1.31 bits per heavy atom. The van der Waals surface area contributed by atoms with Crippen LogP contribution in [0.25, 0.3) is 0 Å². The number of hydrogen-bond donors (Lipinski definition) is 2. The number of rotatable bonds is 6. The molecule has 10 nitrogen and oxygen atoms in total. The number of hydrogen-bond acceptors (Lipinski definition) is 5. The minimum atomic E-state index is -3.73. The third-order valence-electron chi connectivity index (χ3n) is 5.24. The van der Waals surface area contributed by atoms with Gasteiger partial charge in [-0.05, 0) is 29.7 Å². The minimum absolute atomic E-state index is 0. The fraction of sp³-hybridized carbons (Fsp3) is 0.450. The van der Waals surface area contributed by atoms with Gasteiger partial charge in [0, 0.05) is 46.3 Å². The molecule has 0 bridgehead atoms. The van der Waals surface area contributed by atoms with Crippen LogP contribution in [-0.2, 0) is 28.4 Å². The number of aliphatic imine (C=N–C) groups is 1. The number of aromatic nitrogens is 2. The van der Waals surface area contributed by atoms with Gasteiger partial charge in [0.15, 0.2) is 5.96 Å². The molecule has 0 saturated carbocycles. The normalized spacial score (nSPS) is 16.6. The van der Waals surface area contributed by atoms with Crippen LogP contribution in [0.5, 0.6) is 0 Å². The Bertz CT molecular complexity index is 1050. The summed E-state index contributed by atoms with van der Waals surface area (Å²) < 4.78 is 24.7. The number of guanidine groups is 1. The van der Waals surface area contributed by atoms with Crippen molar-refractivity contribution in [3.8, 4) is 0 Å². The first-order chi connectivity index (χ1) is 14.6. The van der Waals surface area contributed by atoms with Gasteiger partial charge in [-0.1, -0.05) is 12.1 Å². The maximum absolute atomic E-state index is 12.1. The second-order valence-corrected chi connectivity index (χ2v) is 9.41. The number of nitrogens with two attached hydrogens (primary N) is 1. The van der Waals surface area contributed by atoms with Gasteiger partial charge < -0.3 is 15.1 Å². The molecule has 1 fully saturated rings. The van der Waals surface area contributed by atoms with E-state index in [2.05, 4.69) is 15.3 Å². The number of sulfonamides is 1. The van der Waals surface area contributed by atoms with Crippen molar-refractivity contribution in [2.45, 2.75) is 23.8 Å². The van der Waals surface area contributed by atoms with Crippen molar-refractivity contribution in [3.63, 3.8) is 0 Å². The van der Waals surface area contributed by atoms with Gasteiger partial charge in [-0.2, -0.15) is 5.10 Å². The van der Waals surface area contributed by atoms with E-state index in [9.17, 15) is 13.2 Å². The second-order valence-electron chi connectivity index (χ2n) is 7.85. The van der Waals surface area contributed by atoms with E-state index in [1.807, 2.05) is 19.4 Å². The third-order valence-corrected chi connectivity index (χ3v) is 6.17. The van der Waals surface area contributed by atoms with E-state index in [4.69, 9.17) is 10.1 Å². The van der Waals surface area contributed by atoms with Crippen LogP contribution >= 0.6 is 24.0 Å². The number of primary sulfonamides is 1. The molecule has 1 aliphatic heterocycles. The molecule has 3 rings (SSSR count). The minimum Gasteiger partial charge on any atom is -0.347 e. The summed E-state index contributed by atoms with van der Waals surface area (Å²) in [6.07, 6.45) is 4.89. The lowest BCUT2D eigenvalue weighted by molar-refractivity contribution is -0.127. The number of nitrogens with one attached hydrogen (secondary N) is 1. The highest BCUT2D eigenvalue weighted by Crippen LogP contribution is 2.26. The van der Waals surface area contributed by atoms with Crippen molar-refractivity contribution < 1.29 is 13.2 Å². The van der Waals surface area contributed by atoms with Crippen molar-refractivity contribution in [1.82, 2.24) is 24.9 Å². The zero-order valence-electron chi connectivity index (χ0n) is 18.4. The maximum atomic E-state index is 12.1. The molecule has 0 radical (unpaired) electrons. The Balaban J connectivity index is 0.00000363. The van der Waals surface area contributed by atoms with Gasteiger partial charge in [-0.25, -0.2) is 18.5 Å². The molecule has 1 atom stereocenters. The number of carbonyl (C=O) groups excluding carboxylic acids is 1. The largest absolute Gasteiger partial charge is 0.347 e. The summed E-state index contributed by atoms with van der Waals surface area (Å²) >= 11 is 0. The van der Waals surface area contributed by atoms with Crippen LogP contribution in [0, 0.1) is 0 Å². The van der Waals surface area contributed by atoms with E-state index in [1.54, 1.807) is 30.9 Å². The lowest BCUT2D eigenvalue weighted by Crippen LogP contribution is -2.44. The number of nitrogens with zero attached hydrogens (tertiary/aromatic N) is 5. The Morgan fingerprint density at radius 2 is 2.00 bits per heavy atom. The number of benzene rings is 1. The number of aryl methyl sites for hydroxylation is 1. The highest BCUT2D eigenvalue weighted by molar-refractivity contribution is 14.0. The Kier molecular flexibility index (Phi) is 9.04. The lowest BCUT2D eigenvalue weighted by Gasteiger charge is -2.23. The molecule has 1 saturated heterocycles. The molecule has 176 valence electrons. The molecular weight excluding hydrogens is 545 g/mol. The molecule has 1 aromatic carbocycles. The number of likely N-dealkylation sites (N-methyl/N-ethyl adjacent to an activating group) is 1. The smallest absolute Gasteiger partial charge is 0.241 e. The van der Waals surface area contributed by atoms with Crippen LogP contribution in [0.3, 0.4) is 0 Å². The molecule has 1 unspecified atom stereocenters. The highest BCUT2D eigenvalue weighted by Gasteiger charge is 2.27. The monoisotopic (exact) mass is 575 g/mol. The van der Waals surface area contributed by atoms with Gasteiger partial charge in [0.2, 0.25) is 15.9 Å². The van der Waals surface area contributed by atoms with E-state index >= 15 is 0 Å². The molecule has 2 aromatic rings. The molecule has 1 aliphatic rings. The summed E-state index contributed by atoms with van der Waals surface area (Å²) in [6, 6.07) is 6.32. The number of likely N-dealkylation sites (tertiary alicyclic amines) is 1. The van der Waals surface area contributed by atoms with Crippen molar-refractivity contribution in [2.24, 2.45) is 17.2 Å². The van der Waals surface area contributed by atoms with Crippen LogP contribution in [0.4, 0.5) is 0 Å². The predicted octanol–water partition coefficient (Wildman–Crippen LogP) is 0.709. The first kappa shape index (κ1) is 26.1. The third kappa shape index (κ3) is 6.90. The highest BCUT2D eigenvalue weighted by atomic mass is 127. The van der Waals surface area contributed by atoms with E-state index in [-0.39, 0.29) is 41.3 Å². The van der Waals surface area contributed by atoms with Crippen molar-refractivity contribution >= 4 is 45.9 Å². The SMILES string of the molecule is CN(C)C(=O)CNC(=NCc1ccc(S(N)(=O)=O)cc1)N1CCC(c2cnn(C)c2)C1.I. The second kappa shape index (κ2) is 11.1. The maximum Gasteiger partial charge on any atom is 0.241 e. The molecule has 0 aliphatic carbocycles. The quantitative estimate of drug-likeness (QED) is 0.297. The number of carbonyl (C=O) groups is 1. The summed E-state index contributed by atoms with van der Waals surface area (Å²) in [4.78, 5) is 20.5. The fourth-order valence-electron chi connectivity index (χ4n) is 3.41. The first-order valence-electron chi connectivity index (χ1n) is 9.97. The van der Waals surface area contributed by atoms with E-state index in [0.29, 0.717) is 18.4 Å². The summed E-state index contributed by atoms with van der Waals surface area (Å²) in [5.41, 5.74) is 2.03. The molecule has 1 aromatic heterocycles. The molecule has 3 N–H and O–H groups in total. The summed E-state index contributed by atoms with van der Waals surface area (Å²) in [6.45, 7) is 2.08. The van der Waals surface area contributed by atoms with E-state index in [1.165, 1.54) is 22.6 Å². The average molecular weight is 575 g/mol. The van der Waals surface area contributed by atoms with Gasteiger partial charge in [0.1, 0.15) is 0 Å². The van der Waals surface area contributed by atoms with Crippen molar-refractivity contribution in [1.29, 1.82) is 0 Å². The van der Waals surface area contributed by atoms with Crippen LogP contribution in [0.2, 0.25) is 0 Å². The molecular formula is C20H30IN7O3S. The van der Waals surface area contributed by atoms with Crippen LogP contribution in [-0.4, -0.2) is 73.6 Å². The van der Waals surface area contributed by atoms with Crippen LogP contribution in [0.1, 0.15) is 23.5 Å². The zero-order chi connectivity index (χ0) is 22.6. The Morgan fingerprint density at radius 3 is 2.56 bits per heavy atom. The van der Waals surface area contributed by atoms with Gasteiger partial charge in [-0.3, -0.25) is 9.48 Å². The van der Waals surface area contributed by atoms with Gasteiger partial charge in [0.05, 0.1) is 24.2 Å². The zero-order valence-corrected chi connectivity index (χ0v) is 21.6. The van der Waals surface area contributed by atoms with Crippen molar-refractivity contribution in [2.75, 3.05) is 33.7 Å². The summed E-state index contributed by atoms with van der Waals surface area (Å²) in [5, 5.41) is 12.6. The first-order valence-corrected chi connectivity index (χ1v) is 11.5. The van der Waals surface area contributed by atoms with Crippen LogP contribution in [0.15, 0.2) is 46.5 Å². The number of halogens is 1. The van der Waals surface area contributed by atoms with E-state index in [0.717, 1.165) is 25.1 Å². The van der Waals surface area contributed by atoms with Gasteiger partial charge in [0.25, 0.3) is 0 Å². The van der Waals surface area contributed by atoms with Gasteiger partial charge >= 0.3 is 0 Å². The standard InChI is InChI=1S/C20H29N7O3S.HI/c1-25(2)19(28)12-23-20(22-10-15-4-6-18(7-5-15)31(21,29)30)27-9-8-16(14-27)17-11-24-26(3)13-17;/h4-7,11,13,16H,8-10,12,14H2,1-3H3,(H,22,23)(H2,21,29,30);1H. The molecule has 32 heavy (non-hydrogen) atoms. The van der Waals surface area contributed by atoms with E-state index < -0.39 is 10.0 Å². The Labute approximate surface area is 205 Å². The molecule has 2 heterocycles. The van der Waals surface area contributed by atoms with Gasteiger partial charge in [-0.15, -0.1) is 24.0 Å². The Hall–Kier alpha value is -2.19. The predicted molar refractivity (Wildman–Crippen MR) is 133 cm³/mol. The van der Waals surface area contributed by atoms with Crippen molar-refractivity contribution in [3.05, 3.63) is 47.8 Å². The number of amides is 1. The molecule has 0 spiro atoms. The topological polar surface area (TPSA) is 126 Å².